The molecule has 1 nitrogen and oxygen atoms in total. The Hall–Kier alpha value is -0.820. The molecular weight excluding hydrogens is 220 g/mol. The van der Waals surface area contributed by atoms with Crippen LogP contribution in [0.5, 0.6) is 0 Å². The van der Waals surface area contributed by atoms with Gasteiger partial charge in [-0.2, -0.15) is 0 Å². The molecule has 1 aromatic carbocycles. The first-order valence-corrected chi connectivity index (χ1v) is 7.58. The van der Waals surface area contributed by atoms with Gasteiger partial charge >= 0.3 is 0 Å². The van der Waals surface area contributed by atoms with Gasteiger partial charge in [0, 0.05) is 0 Å². The van der Waals surface area contributed by atoms with E-state index in [9.17, 15) is 0 Å². The molecule has 1 heteroatoms. The molecule has 0 bridgehead atoms. The van der Waals surface area contributed by atoms with Crippen molar-refractivity contribution in [3.8, 4) is 0 Å². The summed E-state index contributed by atoms with van der Waals surface area (Å²) in [5.74, 6) is 0. The van der Waals surface area contributed by atoms with Crippen LogP contribution in [0.1, 0.15) is 69.6 Å². The molecule has 1 aromatic rings. The molecule has 2 rings (SSSR count). The number of hydrogen-bond donors (Lipinski definition) is 0. The highest BCUT2D eigenvalue weighted by molar-refractivity contribution is 5.31. The van der Waals surface area contributed by atoms with E-state index in [0.29, 0.717) is 12.2 Å². The molecule has 0 amide bonds. The van der Waals surface area contributed by atoms with E-state index in [-0.39, 0.29) is 0 Å². The molecule has 0 saturated heterocycles. The molecule has 0 aromatic heterocycles. The Bertz CT molecular complexity index is 358. The second kappa shape index (κ2) is 6.94. The van der Waals surface area contributed by atoms with Gasteiger partial charge in [-0.3, -0.25) is 0 Å². The molecule has 1 aliphatic heterocycles. The highest BCUT2D eigenvalue weighted by Crippen LogP contribution is 2.34. The van der Waals surface area contributed by atoms with Crippen LogP contribution in [-0.2, 0) is 11.2 Å². The smallest absolute Gasteiger partial charge is 0.0831 e. The van der Waals surface area contributed by atoms with Gasteiger partial charge in [-0.15, -0.1) is 0 Å². The van der Waals surface area contributed by atoms with Crippen molar-refractivity contribution in [2.45, 2.75) is 71.0 Å². The van der Waals surface area contributed by atoms with Crippen LogP contribution < -0.4 is 0 Å². The first kappa shape index (κ1) is 13.6. The van der Waals surface area contributed by atoms with E-state index in [2.05, 4.69) is 38.1 Å². The molecule has 0 fully saturated rings. The lowest BCUT2D eigenvalue weighted by Crippen LogP contribution is -2.26. The fraction of sp³-hybridized carbons (Fsp3) is 0.647. The lowest BCUT2D eigenvalue weighted by atomic mass is 9.90. The van der Waals surface area contributed by atoms with E-state index in [1.165, 1.54) is 49.7 Å². The maximum atomic E-state index is 6.32. The van der Waals surface area contributed by atoms with Crippen LogP contribution in [0.2, 0.25) is 0 Å². The van der Waals surface area contributed by atoms with Crippen molar-refractivity contribution in [2.24, 2.45) is 0 Å². The van der Waals surface area contributed by atoms with E-state index in [4.69, 9.17) is 4.74 Å². The molecule has 0 saturated carbocycles. The molecule has 0 N–H and O–H groups in total. The van der Waals surface area contributed by atoms with Crippen LogP contribution in [0, 0.1) is 0 Å². The topological polar surface area (TPSA) is 9.23 Å². The fourth-order valence-electron chi connectivity index (χ4n) is 2.85. The predicted octanol–water partition coefficient (Wildman–Crippen LogP) is 5.05. The number of unbranched alkanes of at least 4 members (excludes halogenated alkanes) is 2. The van der Waals surface area contributed by atoms with Crippen LogP contribution in [0.25, 0.3) is 0 Å². The van der Waals surface area contributed by atoms with Gasteiger partial charge in [0.05, 0.1) is 12.2 Å². The SMILES string of the molecule is CCCCC1Cc2ccccc2C(CCCC)O1. The standard InChI is InChI=1S/C17H26O/c1-3-5-10-15-13-14-9-7-8-11-16(14)17(18-15)12-6-4-2/h7-9,11,15,17H,3-6,10,12-13H2,1-2H3. The molecule has 0 radical (unpaired) electrons. The van der Waals surface area contributed by atoms with Gasteiger partial charge in [0.2, 0.25) is 0 Å². The van der Waals surface area contributed by atoms with E-state index >= 15 is 0 Å². The van der Waals surface area contributed by atoms with Gasteiger partial charge in [-0.1, -0.05) is 63.8 Å². The van der Waals surface area contributed by atoms with Gasteiger partial charge in [0.25, 0.3) is 0 Å². The summed E-state index contributed by atoms with van der Waals surface area (Å²) in [7, 11) is 0. The molecule has 1 heterocycles. The van der Waals surface area contributed by atoms with E-state index < -0.39 is 0 Å². The van der Waals surface area contributed by atoms with Crippen LogP contribution in [-0.4, -0.2) is 6.10 Å². The monoisotopic (exact) mass is 246 g/mol. The summed E-state index contributed by atoms with van der Waals surface area (Å²) in [5.41, 5.74) is 2.96. The van der Waals surface area contributed by atoms with Crippen molar-refractivity contribution in [1.29, 1.82) is 0 Å². The van der Waals surface area contributed by atoms with Crippen LogP contribution in [0.3, 0.4) is 0 Å². The maximum absolute atomic E-state index is 6.32. The zero-order chi connectivity index (χ0) is 12.8. The lowest BCUT2D eigenvalue weighted by Gasteiger charge is -2.32. The van der Waals surface area contributed by atoms with Gasteiger partial charge in [-0.25, -0.2) is 0 Å². The first-order chi connectivity index (χ1) is 8.85. The third-order valence-electron chi connectivity index (χ3n) is 3.91. The second-order valence-electron chi connectivity index (χ2n) is 5.43. The molecule has 0 aliphatic carbocycles. The summed E-state index contributed by atoms with van der Waals surface area (Å²) in [6.45, 7) is 4.51. The number of ether oxygens (including phenoxy) is 1. The number of rotatable bonds is 6. The summed E-state index contributed by atoms with van der Waals surface area (Å²) < 4.78 is 6.32. The quantitative estimate of drug-likeness (QED) is 0.682. The maximum Gasteiger partial charge on any atom is 0.0831 e. The van der Waals surface area contributed by atoms with Gasteiger partial charge in [0.1, 0.15) is 0 Å². The van der Waals surface area contributed by atoms with Gasteiger partial charge in [-0.05, 0) is 30.4 Å². The van der Waals surface area contributed by atoms with Crippen molar-refractivity contribution in [3.05, 3.63) is 35.4 Å². The Labute approximate surface area is 112 Å². The Balaban J connectivity index is 2.08. The normalized spacial score (nSPS) is 22.8. The molecule has 2 unspecified atom stereocenters. The Morgan fingerprint density at radius 2 is 1.78 bits per heavy atom. The van der Waals surface area contributed by atoms with Crippen LogP contribution >= 0.6 is 0 Å². The van der Waals surface area contributed by atoms with E-state index in [1.807, 2.05) is 0 Å². The molecule has 1 aliphatic rings. The Kier molecular flexibility index (Phi) is 5.25. The minimum atomic E-state index is 0.344. The molecule has 100 valence electrons. The van der Waals surface area contributed by atoms with Gasteiger partial charge < -0.3 is 4.74 Å². The van der Waals surface area contributed by atoms with Crippen molar-refractivity contribution in [3.63, 3.8) is 0 Å². The minimum absolute atomic E-state index is 0.344. The third kappa shape index (κ3) is 3.35. The zero-order valence-corrected chi connectivity index (χ0v) is 11.8. The fourth-order valence-corrected chi connectivity index (χ4v) is 2.85. The van der Waals surface area contributed by atoms with Crippen molar-refractivity contribution in [2.75, 3.05) is 0 Å². The Morgan fingerprint density at radius 1 is 1.06 bits per heavy atom. The summed E-state index contributed by atoms with van der Waals surface area (Å²) in [6.07, 6.45) is 9.36. The highest BCUT2D eigenvalue weighted by atomic mass is 16.5. The predicted molar refractivity (Wildman–Crippen MR) is 76.8 cm³/mol. The van der Waals surface area contributed by atoms with E-state index in [0.717, 1.165) is 6.42 Å². The summed E-state index contributed by atoms with van der Waals surface area (Å²) in [5, 5.41) is 0. The minimum Gasteiger partial charge on any atom is -0.370 e. The highest BCUT2D eigenvalue weighted by Gasteiger charge is 2.26. The number of fused-ring (bicyclic) bond motifs is 1. The number of hydrogen-bond acceptors (Lipinski definition) is 1. The number of benzene rings is 1. The van der Waals surface area contributed by atoms with Gasteiger partial charge in [0.15, 0.2) is 0 Å². The molecule has 0 spiro atoms. The average Bonchev–Trinajstić information content (AvgIpc) is 2.42. The van der Waals surface area contributed by atoms with Crippen molar-refractivity contribution in [1.82, 2.24) is 0 Å². The summed E-state index contributed by atoms with van der Waals surface area (Å²) in [4.78, 5) is 0. The second-order valence-corrected chi connectivity index (χ2v) is 5.43. The van der Waals surface area contributed by atoms with Crippen molar-refractivity contribution >= 4 is 0 Å². The lowest BCUT2D eigenvalue weighted by molar-refractivity contribution is -0.0353. The largest absolute Gasteiger partial charge is 0.370 e. The summed E-state index contributed by atoms with van der Waals surface area (Å²) in [6, 6.07) is 8.85. The van der Waals surface area contributed by atoms with Crippen LogP contribution in [0.4, 0.5) is 0 Å². The summed E-state index contributed by atoms with van der Waals surface area (Å²) >= 11 is 0. The molecule has 2 atom stereocenters. The van der Waals surface area contributed by atoms with Crippen LogP contribution in [0.15, 0.2) is 24.3 Å². The van der Waals surface area contributed by atoms with E-state index in [1.54, 1.807) is 0 Å². The molecular formula is C17H26O. The first-order valence-electron chi connectivity index (χ1n) is 7.58. The molecule has 18 heavy (non-hydrogen) atoms. The Morgan fingerprint density at radius 3 is 2.56 bits per heavy atom. The third-order valence-corrected chi connectivity index (χ3v) is 3.91. The van der Waals surface area contributed by atoms with Crippen molar-refractivity contribution < 1.29 is 4.74 Å². The average molecular weight is 246 g/mol. The zero-order valence-electron chi connectivity index (χ0n) is 11.8.